The molecule has 0 spiro atoms. The lowest BCUT2D eigenvalue weighted by Crippen LogP contribution is -2.24. The molecule has 2 unspecified atom stereocenters. The van der Waals surface area contributed by atoms with Gasteiger partial charge in [-0.25, -0.2) is 0 Å². The molecular weight excluding hydrogens is 288 g/mol. The van der Waals surface area contributed by atoms with Gasteiger partial charge in [-0.15, -0.1) is 0 Å². The second kappa shape index (κ2) is 7.57. The van der Waals surface area contributed by atoms with E-state index in [4.69, 9.17) is 4.74 Å². The van der Waals surface area contributed by atoms with Crippen molar-refractivity contribution in [2.45, 2.75) is 32.6 Å². The van der Waals surface area contributed by atoms with Gasteiger partial charge >= 0.3 is 0 Å². The first-order valence-electron chi connectivity index (χ1n) is 8.22. The van der Waals surface area contributed by atoms with E-state index in [9.17, 15) is 5.11 Å². The van der Waals surface area contributed by atoms with Crippen LogP contribution in [0.5, 0.6) is 5.75 Å². The fourth-order valence-electron chi connectivity index (χ4n) is 3.06. The predicted octanol–water partition coefficient (Wildman–Crippen LogP) is 2.86. The smallest absolute Gasteiger partial charge is 0.124 e. The zero-order valence-corrected chi connectivity index (χ0v) is 13.6. The molecule has 4 nitrogen and oxygen atoms in total. The maximum Gasteiger partial charge on any atom is 0.124 e. The molecule has 0 bridgehead atoms. The molecule has 0 saturated carbocycles. The van der Waals surface area contributed by atoms with Gasteiger partial charge in [0.2, 0.25) is 0 Å². The van der Waals surface area contributed by atoms with Gasteiger partial charge in [-0.1, -0.05) is 24.3 Å². The van der Waals surface area contributed by atoms with Crippen molar-refractivity contribution in [1.82, 2.24) is 9.88 Å². The summed E-state index contributed by atoms with van der Waals surface area (Å²) in [6, 6.07) is 12.1. The van der Waals surface area contributed by atoms with E-state index in [2.05, 4.69) is 22.0 Å². The molecule has 4 heteroatoms. The minimum Gasteiger partial charge on any atom is -0.489 e. The summed E-state index contributed by atoms with van der Waals surface area (Å²) < 4.78 is 5.99. The molecule has 122 valence electrons. The van der Waals surface area contributed by atoms with Crippen LogP contribution in [0, 0.1) is 5.92 Å². The third kappa shape index (κ3) is 4.30. The Labute approximate surface area is 137 Å². The Morgan fingerprint density at radius 3 is 2.91 bits per heavy atom. The van der Waals surface area contributed by atoms with Crippen LogP contribution in [0.2, 0.25) is 0 Å². The summed E-state index contributed by atoms with van der Waals surface area (Å²) in [6.45, 7) is 5.27. The van der Waals surface area contributed by atoms with E-state index in [0.717, 1.165) is 37.4 Å². The third-order valence-corrected chi connectivity index (χ3v) is 4.47. The van der Waals surface area contributed by atoms with Crippen LogP contribution < -0.4 is 4.74 Å². The van der Waals surface area contributed by atoms with Gasteiger partial charge < -0.3 is 9.84 Å². The van der Waals surface area contributed by atoms with Crippen LogP contribution in [-0.2, 0) is 13.2 Å². The van der Waals surface area contributed by atoms with Crippen LogP contribution in [0.3, 0.4) is 0 Å². The maximum atomic E-state index is 9.74. The number of hydrogen-bond donors (Lipinski definition) is 1. The van der Waals surface area contributed by atoms with Crippen LogP contribution in [0.25, 0.3) is 0 Å². The summed E-state index contributed by atoms with van der Waals surface area (Å²) in [6.07, 6.45) is 4.44. The summed E-state index contributed by atoms with van der Waals surface area (Å²) in [5, 5.41) is 9.74. The standard InChI is InChI=1S/C19H24N2O2/c1-15(22)17-8-10-21(12-17)13-18-6-2-3-7-19(18)23-14-16-5-4-9-20-11-16/h2-7,9,11,15,17,22H,8,10,12-14H2,1H3. The number of likely N-dealkylation sites (tertiary alicyclic amines) is 1. The molecule has 2 atom stereocenters. The first-order valence-corrected chi connectivity index (χ1v) is 8.22. The molecular formula is C19H24N2O2. The number of para-hydroxylation sites is 1. The number of benzene rings is 1. The minimum absolute atomic E-state index is 0.225. The van der Waals surface area contributed by atoms with Crippen LogP contribution >= 0.6 is 0 Å². The van der Waals surface area contributed by atoms with Crippen molar-refractivity contribution in [3.05, 3.63) is 59.9 Å². The van der Waals surface area contributed by atoms with Crippen LogP contribution in [0.4, 0.5) is 0 Å². The van der Waals surface area contributed by atoms with Gasteiger partial charge in [0.25, 0.3) is 0 Å². The Balaban J connectivity index is 1.62. The zero-order chi connectivity index (χ0) is 16.1. The van der Waals surface area contributed by atoms with E-state index >= 15 is 0 Å². The number of aromatic nitrogens is 1. The summed E-state index contributed by atoms with van der Waals surface area (Å²) in [5.41, 5.74) is 2.26. The number of pyridine rings is 1. The second-order valence-electron chi connectivity index (χ2n) is 6.28. The SMILES string of the molecule is CC(O)C1CCN(Cc2ccccc2OCc2cccnc2)C1. The Bertz CT molecular complexity index is 616. The van der Waals surface area contributed by atoms with Gasteiger partial charge in [-0.3, -0.25) is 9.88 Å². The Kier molecular flexibility index (Phi) is 5.26. The van der Waals surface area contributed by atoms with E-state index in [-0.39, 0.29) is 6.10 Å². The third-order valence-electron chi connectivity index (χ3n) is 4.47. The van der Waals surface area contributed by atoms with Crippen LogP contribution in [-0.4, -0.2) is 34.2 Å². The molecule has 1 aliphatic heterocycles. The minimum atomic E-state index is -0.225. The predicted molar refractivity (Wildman–Crippen MR) is 90.1 cm³/mol. The van der Waals surface area contributed by atoms with Crippen molar-refractivity contribution in [3.8, 4) is 5.75 Å². The topological polar surface area (TPSA) is 45.6 Å². The van der Waals surface area contributed by atoms with Gasteiger partial charge in [0.05, 0.1) is 6.10 Å². The fourth-order valence-corrected chi connectivity index (χ4v) is 3.06. The van der Waals surface area contributed by atoms with Crippen molar-refractivity contribution in [2.75, 3.05) is 13.1 Å². The number of rotatable bonds is 6. The molecule has 0 amide bonds. The number of ether oxygens (including phenoxy) is 1. The molecule has 23 heavy (non-hydrogen) atoms. The zero-order valence-electron chi connectivity index (χ0n) is 13.6. The van der Waals surface area contributed by atoms with Gasteiger partial charge in [-0.05, 0) is 37.9 Å². The van der Waals surface area contributed by atoms with Crippen LogP contribution in [0.1, 0.15) is 24.5 Å². The van der Waals surface area contributed by atoms with Crippen molar-refractivity contribution >= 4 is 0 Å². The second-order valence-corrected chi connectivity index (χ2v) is 6.28. The van der Waals surface area contributed by atoms with E-state index in [1.165, 1.54) is 5.56 Å². The van der Waals surface area contributed by atoms with Gasteiger partial charge in [0.1, 0.15) is 12.4 Å². The lowest BCUT2D eigenvalue weighted by molar-refractivity contribution is 0.127. The molecule has 1 aromatic heterocycles. The Morgan fingerprint density at radius 2 is 2.17 bits per heavy atom. The first-order chi connectivity index (χ1) is 11.2. The van der Waals surface area contributed by atoms with E-state index in [1.807, 2.05) is 37.4 Å². The molecule has 0 aliphatic carbocycles. The lowest BCUT2D eigenvalue weighted by atomic mass is 10.0. The summed E-state index contributed by atoms with van der Waals surface area (Å²) in [4.78, 5) is 6.51. The highest BCUT2D eigenvalue weighted by molar-refractivity contribution is 5.33. The molecule has 1 aliphatic rings. The number of aliphatic hydroxyl groups is 1. The summed E-state index contributed by atoms with van der Waals surface area (Å²) in [5.74, 6) is 1.32. The van der Waals surface area contributed by atoms with Gasteiger partial charge in [0.15, 0.2) is 0 Å². The largest absolute Gasteiger partial charge is 0.489 e. The average molecular weight is 312 g/mol. The monoisotopic (exact) mass is 312 g/mol. The van der Waals surface area contributed by atoms with Crippen molar-refractivity contribution in [2.24, 2.45) is 5.92 Å². The van der Waals surface area contributed by atoms with Gasteiger partial charge in [0, 0.05) is 36.6 Å². The highest BCUT2D eigenvalue weighted by atomic mass is 16.5. The molecule has 2 heterocycles. The lowest BCUT2D eigenvalue weighted by Gasteiger charge is -2.19. The van der Waals surface area contributed by atoms with Crippen LogP contribution in [0.15, 0.2) is 48.8 Å². The number of hydrogen-bond acceptors (Lipinski definition) is 4. The summed E-state index contributed by atoms with van der Waals surface area (Å²) in [7, 11) is 0. The quantitative estimate of drug-likeness (QED) is 0.891. The van der Waals surface area contributed by atoms with E-state index < -0.39 is 0 Å². The maximum absolute atomic E-state index is 9.74. The van der Waals surface area contributed by atoms with Crippen molar-refractivity contribution in [1.29, 1.82) is 0 Å². The Hall–Kier alpha value is -1.91. The average Bonchev–Trinajstić information content (AvgIpc) is 3.04. The number of aliphatic hydroxyl groups excluding tert-OH is 1. The van der Waals surface area contributed by atoms with E-state index in [1.54, 1.807) is 6.20 Å². The molecule has 1 aromatic carbocycles. The molecule has 0 radical (unpaired) electrons. The normalized spacial score (nSPS) is 19.7. The number of nitrogens with zero attached hydrogens (tertiary/aromatic N) is 2. The van der Waals surface area contributed by atoms with Crippen molar-refractivity contribution < 1.29 is 9.84 Å². The molecule has 1 N–H and O–H groups in total. The molecule has 3 rings (SSSR count). The van der Waals surface area contributed by atoms with E-state index in [0.29, 0.717) is 12.5 Å². The summed E-state index contributed by atoms with van der Waals surface area (Å²) >= 11 is 0. The van der Waals surface area contributed by atoms with Gasteiger partial charge in [-0.2, -0.15) is 0 Å². The molecule has 2 aromatic rings. The first kappa shape index (κ1) is 16.0. The molecule has 1 saturated heterocycles. The highest BCUT2D eigenvalue weighted by Gasteiger charge is 2.26. The Morgan fingerprint density at radius 1 is 1.30 bits per heavy atom. The fraction of sp³-hybridized carbons (Fsp3) is 0.421. The van der Waals surface area contributed by atoms with Crippen molar-refractivity contribution in [3.63, 3.8) is 0 Å². The molecule has 1 fully saturated rings. The highest BCUT2D eigenvalue weighted by Crippen LogP contribution is 2.25.